The molecule has 1 fully saturated rings. The molecular formula is C14H22N2O2. The maximum absolute atomic E-state index is 9.67. The standard InChI is InChI=1S/C14H22N2O2/c1-15-6-8-16(9-7-15)14(11-17)12-4-3-5-13(10-12)18-2/h3-5,10,14,17H,6-9,11H2,1-2H3. The molecule has 1 aromatic rings. The molecule has 1 aromatic carbocycles. The minimum atomic E-state index is 0.0776. The molecule has 1 unspecified atom stereocenters. The molecule has 18 heavy (non-hydrogen) atoms. The van der Waals surface area contributed by atoms with Gasteiger partial charge in [0.1, 0.15) is 5.75 Å². The van der Waals surface area contributed by atoms with Gasteiger partial charge >= 0.3 is 0 Å². The van der Waals surface area contributed by atoms with Crippen LogP contribution in [0, 0.1) is 0 Å². The van der Waals surface area contributed by atoms with Crippen molar-refractivity contribution in [2.75, 3.05) is 46.9 Å². The smallest absolute Gasteiger partial charge is 0.119 e. The van der Waals surface area contributed by atoms with Gasteiger partial charge in [-0.2, -0.15) is 0 Å². The molecule has 1 aliphatic heterocycles. The van der Waals surface area contributed by atoms with E-state index < -0.39 is 0 Å². The van der Waals surface area contributed by atoms with Gasteiger partial charge in [-0.25, -0.2) is 0 Å². The van der Waals surface area contributed by atoms with E-state index >= 15 is 0 Å². The molecule has 1 N–H and O–H groups in total. The highest BCUT2D eigenvalue weighted by atomic mass is 16.5. The van der Waals surface area contributed by atoms with Gasteiger partial charge in [-0.3, -0.25) is 4.90 Å². The highest BCUT2D eigenvalue weighted by Gasteiger charge is 2.23. The molecule has 1 atom stereocenters. The molecule has 0 aromatic heterocycles. The molecule has 0 radical (unpaired) electrons. The molecule has 1 saturated heterocycles. The number of benzene rings is 1. The van der Waals surface area contributed by atoms with Crippen LogP contribution >= 0.6 is 0 Å². The van der Waals surface area contributed by atoms with Crippen LogP contribution in [0.15, 0.2) is 24.3 Å². The second-order valence-corrected chi connectivity index (χ2v) is 4.81. The van der Waals surface area contributed by atoms with Crippen molar-refractivity contribution in [1.82, 2.24) is 9.80 Å². The van der Waals surface area contributed by atoms with E-state index in [1.54, 1.807) is 7.11 Å². The van der Waals surface area contributed by atoms with Crippen molar-refractivity contribution >= 4 is 0 Å². The van der Waals surface area contributed by atoms with E-state index in [1.807, 2.05) is 18.2 Å². The molecule has 2 rings (SSSR count). The summed E-state index contributed by atoms with van der Waals surface area (Å²) < 4.78 is 5.25. The Hall–Kier alpha value is -1.10. The number of likely N-dealkylation sites (N-methyl/N-ethyl adjacent to an activating group) is 1. The summed E-state index contributed by atoms with van der Waals surface area (Å²) in [5, 5.41) is 9.67. The van der Waals surface area contributed by atoms with Gasteiger partial charge in [0, 0.05) is 26.2 Å². The minimum Gasteiger partial charge on any atom is -0.497 e. The predicted octanol–water partition coefficient (Wildman–Crippen LogP) is 0.976. The number of aliphatic hydroxyl groups is 1. The van der Waals surface area contributed by atoms with Gasteiger partial charge in [0.25, 0.3) is 0 Å². The summed E-state index contributed by atoms with van der Waals surface area (Å²) in [5.41, 5.74) is 1.13. The van der Waals surface area contributed by atoms with Crippen molar-refractivity contribution in [2.45, 2.75) is 6.04 Å². The zero-order valence-electron chi connectivity index (χ0n) is 11.2. The number of piperazine rings is 1. The van der Waals surface area contributed by atoms with E-state index in [0.717, 1.165) is 37.5 Å². The number of rotatable bonds is 4. The zero-order valence-corrected chi connectivity index (χ0v) is 11.2. The summed E-state index contributed by atoms with van der Waals surface area (Å²) in [7, 11) is 3.81. The molecular weight excluding hydrogens is 228 g/mol. The summed E-state index contributed by atoms with van der Waals surface area (Å²) in [6.07, 6.45) is 0. The Morgan fingerprint density at radius 1 is 1.28 bits per heavy atom. The summed E-state index contributed by atoms with van der Waals surface area (Å²) >= 11 is 0. The minimum absolute atomic E-state index is 0.0776. The summed E-state index contributed by atoms with van der Waals surface area (Å²) in [5.74, 6) is 0.847. The molecule has 0 saturated carbocycles. The number of aliphatic hydroxyl groups excluding tert-OH is 1. The maximum Gasteiger partial charge on any atom is 0.119 e. The first-order valence-electron chi connectivity index (χ1n) is 6.42. The highest BCUT2D eigenvalue weighted by molar-refractivity contribution is 5.30. The quantitative estimate of drug-likeness (QED) is 0.864. The van der Waals surface area contributed by atoms with E-state index in [-0.39, 0.29) is 12.6 Å². The maximum atomic E-state index is 9.67. The lowest BCUT2D eigenvalue weighted by molar-refractivity contribution is 0.0747. The Morgan fingerprint density at radius 2 is 2.00 bits per heavy atom. The topological polar surface area (TPSA) is 35.9 Å². The van der Waals surface area contributed by atoms with E-state index in [0.29, 0.717) is 0 Å². The van der Waals surface area contributed by atoms with E-state index in [2.05, 4.69) is 22.9 Å². The lowest BCUT2D eigenvalue weighted by Crippen LogP contribution is -2.46. The molecule has 0 spiro atoms. The Kier molecular flexibility index (Phi) is 4.58. The van der Waals surface area contributed by atoms with Gasteiger partial charge in [0.15, 0.2) is 0 Å². The van der Waals surface area contributed by atoms with Crippen LogP contribution in [0.4, 0.5) is 0 Å². The molecule has 0 amide bonds. The Balaban J connectivity index is 2.11. The second kappa shape index (κ2) is 6.18. The molecule has 1 aliphatic rings. The fourth-order valence-electron chi connectivity index (χ4n) is 2.41. The highest BCUT2D eigenvalue weighted by Crippen LogP contribution is 2.24. The van der Waals surface area contributed by atoms with Gasteiger partial charge in [0.2, 0.25) is 0 Å². The molecule has 1 heterocycles. The zero-order chi connectivity index (χ0) is 13.0. The monoisotopic (exact) mass is 250 g/mol. The van der Waals surface area contributed by atoms with Crippen LogP contribution in [-0.2, 0) is 0 Å². The average Bonchev–Trinajstić information content (AvgIpc) is 2.42. The van der Waals surface area contributed by atoms with E-state index in [9.17, 15) is 5.11 Å². The number of ether oxygens (including phenoxy) is 1. The number of hydrogen-bond acceptors (Lipinski definition) is 4. The van der Waals surface area contributed by atoms with Crippen LogP contribution < -0.4 is 4.74 Å². The van der Waals surface area contributed by atoms with Gasteiger partial charge < -0.3 is 14.7 Å². The predicted molar refractivity (Wildman–Crippen MR) is 71.9 cm³/mol. The average molecular weight is 250 g/mol. The van der Waals surface area contributed by atoms with Gasteiger partial charge in [0.05, 0.1) is 19.8 Å². The lowest BCUT2D eigenvalue weighted by atomic mass is 10.0. The van der Waals surface area contributed by atoms with E-state index in [4.69, 9.17) is 4.74 Å². The van der Waals surface area contributed by atoms with Crippen LogP contribution in [0.2, 0.25) is 0 Å². The van der Waals surface area contributed by atoms with Crippen LogP contribution in [-0.4, -0.2) is 61.8 Å². The lowest BCUT2D eigenvalue weighted by Gasteiger charge is -2.37. The Morgan fingerprint density at radius 3 is 2.61 bits per heavy atom. The Labute approximate surface area is 109 Å². The van der Waals surface area contributed by atoms with Crippen molar-refractivity contribution in [3.05, 3.63) is 29.8 Å². The van der Waals surface area contributed by atoms with Crippen LogP contribution in [0.3, 0.4) is 0 Å². The Bertz CT molecular complexity index is 376. The van der Waals surface area contributed by atoms with Crippen molar-refractivity contribution in [3.63, 3.8) is 0 Å². The third-order valence-corrected chi connectivity index (χ3v) is 3.63. The normalized spacial score (nSPS) is 19.7. The largest absolute Gasteiger partial charge is 0.497 e. The molecule has 0 bridgehead atoms. The van der Waals surface area contributed by atoms with Crippen molar-refractivity contribution < 1.29 is 9.84 Å². The SMILES string of the molecule is COc1cccc(C(CO)N2CCN(C)CC2)c1. The summed E-state index contributed by atoms with van der Waals surface area (Å²) in [4.78, 5) is 4.66. The van der Waals surface area contributed by atoms with Crippen LogP contribution in [0.25, 0.3) is 0 Å². The van der Waals surface area contributed by atoms with Crippen molar-refractivity contribution in [3.8, 4) is 5.75 Å². The number of methoxy groups -OCH3 is 1. The van der Waals surface area contributed by atoms with Crippen molar-refractivity contribution in [1.29, 1.82) is 0 Å². The molecule has 4 heteroatoms. The fraction of sp³-hybridized carbons (Fsp3) is 0.571. The first-order chi connectivity index (χ1) is 8.74. The molecule has 4 nitrogen and oxygen atoms in total. The van der Waals surface area contributed by atoms with E-state index in [1.165, 1.54) is 0 Å². The van der Waals surface area contributed by atoms with Gasteiger partial charge in [-0.05, 0) is 24.7 Å². The number of nitrogens with zero attached hydrogens (tertiary/aromatic N) is 2. The second-order valence-electron chi connectivity index (χ2n) is 4.81. The third kappa shape index (κ3) is 3.02. The number of hydrogen-bond donors (Lipinski definition) is 1. The van der Waals surface area contributed by atoms with Gasteiger partial charge in [-0.1, -0.05) is 12.1 Å². The van der Waals surface area contributed by atoms with Gasteiger partial charge in [-0.15, -0.1) is 0 Å². The molecule has 0 aliphatic carbocycles. The fourth-order valence-corrected chi connectivity index (χ4v) is 2.41. The third-order valence-electron chi connectivity index (χ3n) is 3.63. The van der Waals surface area contributed by atoms with Crippen molar-refractivity contribution in [2.24, 2.45) is 0 Å². The van der Waals surface area contributed by atoms with Crippen LogP contribution in [0.1, 0.15) is 11.6 Å². The summed E-state index contributed by atoms with van der Waals surface area (Å²) in [6.45, 7) is 4.26. The summed E-state index contributed by atoms with van der Waals surface area (Å²) in [6, 6.07) is 8.06. The first-order valence-corrected chi connectivity index (χ1v) is 6.42. The first kappa shape index (κ1) is 13.3. The van der Waals surface area contributed by atoms with Crippen LogP contribution in [0.5, 0.6) is 5.75 Å². The molecule has 100 valence electrons.